The molecular weight excluding hydrogens is 398 g/mol. The summed E-state index contributed by atoms with van der Waals surface area (Å²) in [6, 6.07) is 19.8. The van der Waals surface area contributed by atoms with Gasteiger partial charge in [-0.3, -0.25) is 0 Å². The van der Waals surface area contributed by atoms with E-state index in [2.05, 4.69) is 0 Å². The van der Waals surface area contributed by atoms with Crippen LogP contribution in [0.25, 0.3) is 0 Å². The minimum Gasteiger partial charge on any atom is -0.463 e. The molecule has 0 N–H and O–H groups in total. The Bertz CT molecular complexity index is 1070. The Kier molecular flexibility index (Phi) is 4.26. The van der Waals surface area contributed by atoms with Gasteiger partial charge in [0.05, 0.1) is 16.8 Å². The molecule has 2 atom stereocenters. The third-order valence-electron chi connectivity index (χ3n) is 5.07. The molecule has 28 heavy (non-hydrogen) atoms. The molecule has 0 unspecified atom stereocenters. The van der Waals surface area contributed by atoms with Crippen molar-refractivity contribution in [2.45, 2.75) is 18.7 Å². The van der Waals surface area contributed by atoms with E-state index in [1.807, 2.05) is 41.4 Å². The van der Waals surface area contributed by atoms with Gasteiger partial charge in [-0.05, 0) is 29.8 Å². The molecule has 2 aliphatic rings. The van der Waals surface area contributed by atoms with Gasteiger partial charge < -0.3 is 4.74 Å². The lowest BCUT2D eigenvalue weighted by atomic mass is 9.96. The van der Waals surface area contributed by atoms with Crippen molar-refractivity contribution in [1.82, 2.24) is 5.01 Å². The zero-order valence-electron chi connectivity index (χ0n) is 14.6. The second-order valence-electron chi connectivity index (χ2n) is 6.84. The van der Waals surface area contributed by atoms with Crippen LogP contribution in [0.5, 0.6) is 5.75 Å². The van der Waals surface area contributed by atoms with Crippen molar-refractivity contribution in [2.24, 2.45) is 5.10 Å². The summed E-state index contributed by atoms with van der Waals surface area (Å²) in [5, 5.41) is 7.83. The summed E-state index contributed by atoms with van der Waals surface area (Å²) in [5.74, 6) is 0.367. The Hall–Kier alpha value is -2.56. The molecule has 0 aromatic heterocycles. The van der Waals surface area contributed by atoms with E-state index in [1.54, 1.807) is 18.2 Å². The highest BCUT2D eigenvalue weighted by atomic mass is 35.5. The topological polar surface area (TPSA) is 24.8 Å². The Balaban J connectivity index is 1.63. The maximum atomic E-state index is 13.3. The zero-order chi connectivity index (χ0) is 19.3. The van der Waals surface area contributed by atoms with Gasteiger partial charge in [-0.25, -0.2) is 9.40 Å². The molecule has 0 bridgehead atoms. The fourth-order valence-corrected chi connectivity index (χ4v) is 4.32. The summed E-state index contributed by atoms with van der Waals surface area (Å²) in [6.07, 6.45) is 0.248. The number of halogens is 3. The van der Waals surface area contributed by atoms with Crippen LogP contribution in [0.15, 0.2) is 71.8 Å². The van der Waals surface area contributed by atoms with Crippen LogP contribution >= 0.6 is 23.2 Å². The van der Waals surface area contributed by atoms with Crippen molar-refractivity contribution in [3.63, 3.8) is 0 Å². The zero-order valence-corrected chi connectivity index (χ0v) is 16.2. The molecule has 0 aliphatic carbocycles. The molecule has 3 nitrogen and oxygen atoms in total. The smallest absolute Gasteiger partial charge is 0.213 e. The third-order valence-corrected chi connectivity index (χ3v) is 5.57. The summed E-state index contributed by atoms with van der Waals surface area (Å²) in [4.78, 5) is 0. The number of rotatable bonds is 2. The minimum absolute atomic E-state index is 0.0646. The molecule has 3 aromatic carbocycles. The Morgan fingerprint density at radius 1 is 1.00 bits per heavy atom. The van der Waals surface area contributed by atoms with E-state index in [0.29, 0.717) is 22.2 Å². The number of ether oxygens (including phenoxy) is 1. The summed E-state index contributed by atoms with van der Waals surface area (Å²) in [6.45, 7) is 0. The van der Waals surface area contributed by atoms with Crippen molar-refractivity contribution >= 4 is 28.9 Å². The molecule has 140 valence electrons. The SMILES string of the molecule is Fc1ccc(C2=NN3[C@H](C2)c2cc(Cl)cc(Cl)c2O[C@@H]3c2ccccc2)cc1. The highest BCUT2D eigenvalue weighted by Crippen LogP contribution is 2.50. The summed E-state index contributed by atoms with van der Waals surface area (Å²) < 4.78 is 19.6. The lowest BCUT2D eigenvalue weighted by Crippen LogP contribution is -2.33. The van der Waals surface area contributed by atoms with Gasteiger partial charge in [0.1, 0.15) is 11.6 Å². The van der Waals surface area contributed by atoms with Gasteiger partial charge in [-0.1, -0.05) is 65.7 Å². The van der Waals surface area contributed by atoms with Gasteiger partial charge in [0.15, 0.2) is 0 Å². The van der Waals surface area contributed by atoms with E-state index in [0.717, 1.165) is 22.4 Å². The third kappa shape index (κ3) is 2.93. The molecule has 2 aliphatic heterocycles. The summed E-state index contributed by atoms with van der Waals surface area (Å²) >= 11 is 12.7. The van der Waals surface area contributed by atoms with Crippen molar-refractivity contribution in [3.8, 4) is 5.75 Å². The molecule has 0 radical (unpaired) electrons. The monoisotopic (exact) mass is 412 g/mol. The highest BCUT2D eigenvalue weighted by molar-refractivity contribution is 6.35. The second-order valence-corrected chi connectivity index (χ2v) is 7.68. The Morgan fingerprint density at radius 3 is 2.50 bits per heavy atom. The molecular formula is C22H15Cl2FN2O. The van der Waals surface area contributed by atoms with Crippen LogP contribution in [0.3, 0.4) is 0 Å². The molecule has 0 amide bonds. The molecule has 0 saturated heterocycles. The van der Waals surface area contributed by atoms with Crippen LogP contribution in [-0.4, -0.2) is 10.7 Å². The van der Waals surface area contributed by atoms with Crippen LogP contribution in [0, 0.1) is 5.82 Å². The predicted molar refractivity (Wildman–Crippen MR) is 108 cm³/mol. The standard InChI is InChI=1S/C22H15Cl2FN2O/c23-15-10-17-20-12-19(13-6-8-16(25)9-7-13)26-27(20)22(14-4-2-1-3-5-14)28-21(17)18(24)11-15/h1-11,20,22H,12H2/t20-,22-/m1/s1. The van der Waals surface area contributed by atoms with Crippen LogP contribution in [0.4, 0.5) is 4.39 Å². The first-order valence-corrected chi connectivity index (χ1v) is 9.68. The van der Waals surface area contributed by atoms with Crippen LogP contribution < -0.4 is 4.74 Å². The van der Waals surface area contributed by atoms with Gasteiger partial charge in [0, 0.05) is 22.6 Å². The van der Waals surface area contributed by atoms with E-state index < -0.39 is 6.23 Å². The molecule has 0 fully saturated rings. The lowest BCUT2D eigenvalue weighted by Gasteiger charge is -2.38. The Morgan fingerprint density at radius 2 is 1.75 bits per heavy atom. The maximum absolute atomic E-state index is 13.3. The average Bonchev–Trinajstić information content (AvgIpc) is 3.14. The number of benzene rings is 3. The Labute approximate surface area is 172 Å². The first kappa shape index (κ1) is 17.5. The van der Waals surface area contributed by atoms with E-state index in [1.165, 1.54) is 12.1 Å². The largest absolute Gasteiger partial charge is 0.463 e. The van der Waals surface area contributed by atoms with Crippen molar-refractivity contribution in [2.75, 3.05) is 0 Å². The molecule has 0 spiro atoms. The number of hydrogen-bond donors (Lipinski definition) is 0. The van der Waals surface area contributed by atoms with E-state index in [-0.39, 0.29) is 11.9 Å². The van der Waals surface area contributed by atoms with E-state index >= 15 is 0 Å². The lowest BCUT2D eigenvalue weighted by molar-refractivity contribution is -0.0189. The van der Waals surface area contributed by atoms with Gasteiger partial charge in [0.25, 0.3) is 0 Å². The van der Waals surface area contributed by atoms with Crippen LogP contribution in [0.1, 0.15) is 35.4 Å². The normalized spacial score (nSPS) is 20.2. The van der Waals surface area contributed by atoms with Crippen LogP contribution in [0.2, 0.25) is 10.0 Å². The molecule has 2 heterocycles. The second kappa shape index (κ2) is 6.80. The van der Waals surface area contributed by atoms with Gasteiger partial charge in [0.2, 0.25) is 6.23 Å². The van der Waals surface area contributed by atoms with Gasteiger partial charge in [-0.15, -0.1) is 0 Å². The first-order chi connectivity index (χ1) is 13.6. The van der Waals surface area contributed by atoms with Crippen molar-refractivity contribution in [1.29, 1.82) is 0 Å². The number of hydrogen-bond acceptors (Lipinski definition) is 3. The van der Waals surface area contributed by atoms with Gasteiger partial charge >= 0.3 is 0 Å². The average molecular weight is 413 g/mol. The van der Waals surface area contributed by atoms with E-state index in [4.69, 9.17) is 33.0 Å². The van der Waals surface area contributed by atoms with Crippen LogP contribution in [-0.2, 0) is 0 Å². The molecule has 0 saturated carbocycles. The molecule has 3 aromatic rings. The number of fused-ring (bicyclic) bond motifs is 3. The highest BCUT2D eigenvalue weighted by Gasteiger charge is 2.42. The fraction of sp³-hybridized carbons (Fsp3) is 0.136. The first-order valence-electron chi connectivity index (χ1n) is 8.92. The summed E-state index contributed by atoms with van der Waals surface area (Å²) in [5.41, 5.74) is 3.65. The molecule has 5 rings (SSSR count). The van der Waals surface area contributed by atoms with Gasteiger partial charge in [-0.2, -0.15) is 5.10 Å². The van der Waals surface area contributed by atoms with Crippen molar-refractivity contribution in [3.05, 3.63) is 99.3 Å². The number of hydrazone groups is 1. The molecule has 6 heteroatoms. The fourth-order valence-electron chi connectivity index (χ4n) is 3.77. The maximum Gasteiger partial charge on any atom is 0.213 e. The number of nitrogens with zero attached hydrogens (tertiary/aromatic N) is 2. The quantitative estimate of drug-likeness (QED) is 0.487. The van der Waals surface area contributed by atoms with E-state index in [9.17, 15) is 4.39 Å². The predicted octanol–water partition coefficient (Wildman–Crippen LogP) is 6.37. The van der Waals surface area contributed by atoms with Crippen molar-refractivity contribution < 1.29 is 9.13 Å². The summed E-state index contributed by atoms with van der Waals surface area (Å²) in [7, 11) is 0. The minimum atomic E-state index is -0.407.